The fourth-order valence-corrected chi connectivity index (χ4v) is 2.36. The molecule has 110 valence electrons. The van der Waals surface area contributed by atoms with E-state index in [1.165, 1.54) is 0 Å². The van der Waals surface area contributed by atoms with E-state index in [0.717, 1.165) is 11.1 Å². The Morgan fingerprint density at radius 2 is 1.90 bits per heavy atom. The second-order valence-electron chi connectivity index (χ2n) is 5.10. The summed E-state index contributed by atoms with van der Waals surface area (Å²) in [6.07, 6.45) is 0. The highest BCUT2D eigenvalue weighted by Crippen LogP contribution is 2.30. The number of rotatable bonds is 5. The van der Waals surface area contributed by atoms with Crippen LogP contribution in [0, 0.1) is 6.92 Å². The normalized spacial score (nSPS) is 13.3. The summed E-state index contributed by atoms with van der Waals surface area (Å²) in [6.45, 7) is 3.57. The monoisotopic (exact) mass is 285 g/mol. The molecule has 0 aliphatic heterocycles. The molecule has 2 N–H and O–H groups in total. The predicted octanol–water partition coefficient (Wildman–Crippen LogP) is 3.42. The first-order valence-electron chi connectivity index (χ1n) is 6.69. The zero-order chi connectivity index (χ0) is 15.5. The number of ether oxygens (including phenoxy) is 1. The minimum Gasteiger partial charge on any atom is -0.497 e. The van der Waals surface area contributed by atoms with E-state index in [1.807, 2.05) is 49.4 Å². The molecule has 21 heavy (non-hydrogen) atoms. The highest BCUT2D eigenvalue weighted by molar-refractivity contribution is 5.84. The Morgan fingerprint density at radius 3 is 2.52 bits per heavy atom. The van der Waals surface area contributed by atoms with Crippen LogP contribution in [0.5, 0.6) is 5.75 Å². The quantitative estimate of drug-likeness (QED) is 0.883. The van der Waals surface area contributed by atoms with Gasteiger partial charge in [-0.3, -0.25) is 0 Å². The number of carboxylic acid groups (broad SMARTS) is 1. The number of hydrogen-bond donors (Lipinski definition) is 2. The van der Waals surface area contributed by atoms with Crippen LogP contribution in [-0.2, 0) is 10.3 Å². The first-order valence-corrected chi connectivity index (χ1v) is 6.69. The van der Waals surface area contributed by atoms with Crippen molar-refractivity contribution >= 4 is 11.7 Å². The molecule has 2 aromatic rings. The van der Waals surface area contributed by atoms with E-state index in [0.29, 0.717) is 11.4 Å². The van der Waals surface area contributed by atoms with Gasteiger partial charge in [-0.25, -0.2) is 4.79 Å². The highest BCUT2D eigenvalue weighted by Gasteiger charge is 2.36. The standard InChI is InChI=1S/C17H19NO3/c1-12-7-4-5-10-15(12)17(2,16(19)20)18-13-8-6-9-14(11-13)21-3/h4-11,18H,1-3H3,(H,19,20). The van der Waals surface area contributed by atoms with E-state index in [9.17, 15) is 9.90 Å². The van der Waals surface area contributed by atoms with Crippen LogP contribution in [0.25, 0.3) is 0 Å². The van der Waals surface area contributed by atoms with E-state index < -0.39 is 11.5 Å². The van der Waals surface area contributed by atoms with Gasteiger partial charge >= 0.3 is 5.97 Å². The molecule has 0 aromatic heterocycles. The van der Waals surface area contributed by atoms with Crippen LogP contribution in [-0.4, -0.2) is 18.2 Å². The van der Waals surface area contributed by atoms with Gasteiger partial charge in [0, 0.05) is 11.8 Å². The highest BCUT2D eigenvalue weighted by atomic mass is 16.5. The summed E-state index contributed by atoms with van der Waals surface area (Å²) in [6, 6.07) is 14.7. The molecule has 2 aromatic carbocycles. The van der Waals surface area contributed by atoms with Gasteiger partial charge in [0.2, 0.25) is 0 Å². The largest absolute Gasteiger partial charge is 0.497 e. The average molecular weight is 285 g/mol. The van der Waals surface area contributed by atoms with Crippen LogP contribution < -0.4 is 10.1 Å². The Bertz CT molecular complexity index is 654. The summed E-state index contributed by atoms with van der Waals surface area (Å²) in [4.78, 5) is 11.8. The molecule has 0 spiro atoms. The van der Waals surface area contributed by atoms with Crippen molar-refractivity contribution in [2.24, 2.45) is 0 Å². The number of benzene rings is 2. The van der Waals surface area contributed by atoms with E-state index in [2.05, 4.69) is 5.32 Å². The number of aryl methyl sites for hydroxylation is 1. The van der Waals surface area contributed by atoms with Crippen molar-refractivity contribution in [2.75, 3.05) is 12.4 Å². The van der Waals surface area contributed by atoms with Crippen LogP contribution in [0.2, 0.25) is 0 Å². The van der Waals surface area contributed by atoms with Gasteiger partial charge in [-0.05, 0) is 37.1 Å². The van der Waals surface area contributed by atoms with Crippen molar-refractivity contribution < 1.29 is 14.6 Å². The lowest BCUT2D eigenvalue weighted by Crippen LogP contribution is -2.41. The van der Waals surface area contributed by atoms with Crippen molar-refractivity contribution in [1.82, 2.24) is 0 Å². The molecule has 0 bridgehead atoms. The zero-order valence-electron chi connectivity index (χ0n) is 12.4. The van der Waals surface area contributed by atoms with Crippen molar-refractivity contribution in [3.05, 3.63) is 59.7 Å². The van der Waals surface area contributed by atoms with Gasteiger partial charge in [0.05, 0.1) is 7.11 Å². The van der Waals surface area contributed by atoms with Crippen LogP contribution in [0.3, 0.4) is 0 Å². The summed E-state index contributed by atoms with van der Waals surface area (Å²) in [5.41, 5.74) is 1.15. The Kier molecular flexibility index (Phi) is 4.17. The number of methoxy groups -OCH3 is 1. The third-order valence-corrected chi connectivity index (χ3v) is 3.58. The molecule has 4 heteroatoms. The molecule has 0 radical (unpaired) electrons. The number of hydrogen-bond acceptors (Lipinski definition) is 3. The molecular formula is C17H19NO3. The first-order chi connectivity index (χ1) is 9.97. The summed E-state index contributed by atoms with van der Waals surface area (Å²) in [5, 5.41) is 12.8. The lowest BCUT2D eigenvalue weighted by Gasteiger charge is -2.29. The minimum absolute atomic E-state index is 0.678. The molecular weight excluding hydrogens is 266 g/mol. The fraction of sp³-hybridized carbons (Fsp3) is 0.235. The third kappa shape index (κ3) is 2.99. The molecule has 0 saturated heterocycles. The summed E-state index contributed by atoms with van der Waals surface area (Å²) >= 11 is 0. The number of carbonyl (C=O) groups is 1. The maximum atomic E-state index is 11.8. The molecule has 0 saturated carbocycles. The van der Waals surface area contributed by atoms with Crippen molar-refractivity contribution in [3.63, 3.8) is 0 Å². The number of anilines is 1. The predicted molar refractivity (Wildman–Crippen MR) is 82.8 cm³/mol. The van der Waals surface area contributed by atoms with E-state index in [1.54, 1.807) is 20.1 Å². The molecule has 0 aliphatic carbocycles. The summed E-state index contributed by atoms with van der Waals surface area (Å²) < 4.78 is 5.17. The summed E-state index contributed by atoms with van der Waals surface area (Å²) in [7, 11) is 1.58. The Morgan fingerprint density at radius 1 is 1.19 bits per heavy atom. The lowest BCUT2D eigenvalue weighted by molar-refractivity contribution is -0.142. The smallest absolute Gasteiger partial charge is 0.333 e. The SMILES string of the molecule is COc1cccc(NC(C)(C(=O)O)c2ccccc2C)c1. The molecule has 0 aliphatic rings. The van der Waals surface area contributed by atoms with Crippen LogP contribution in [0.1, 0.15) is 18.1 Å². The van der Waals surface area contributed by atoms with Gasteiger partial charge in [-0.1, -0.05) is 30.3 Å². The van der Waals surface area contributed by atoms with E-state index in [4.69, 9.17) is 4.74 Å². The van der Waals surface area contributed by atoms with Gasteiger partial charge in [0.15, 0.2) is 5.54 Å². The Labute approximate surface area is 124 Å². The molecule has 2 rings (SSSR count). The molecule has 0 fully saturated rings. The maximum absolute atomic E-state index is 11.8. The molecule has 0 amide bonds. The fourth-order valence-electron chi connectivity index (χ4n) is 2.36. The molecule has 4 nitrogen and oxygen atoms in total. The van der Waals surface area contributed by atoms with Gasteiger partial charge < -0.3 is 15.2 Å². The number of aliphatic carboxylic acids is 1. The second-order valence-corrected chi connectivity index (χ2v) is 5.10. The van der Waals surface area contributed by atoms with Crippen molar-refractivity contribution in [1.29, 1.82) is 0 Å². The first kappa shape index (κ1) is 14.9. The van der Waals surface area contributed by atoms with Crippen molar-refractivity contribution in [3.8, 4) is 5.75 Å². The van der Waals surface area contributed by atoms with Gasteiger partial charge in [-0.15, -0.1) is 0 Å². The second kappa shape index (κ2) is 5.87. The molecule has 0 heterocycles. The average Bonchev–Trinajstić information content (AvgIpc) is 2.47. The van der Waals surface area contributed by atoms with E-state index in [-0.39, 0.29) is 0 Å². The van der Waals surface area contributed by atoms with E-state index >= 15 is 0 Å². The Hall–Kier alpha value is -2.49. The van der Waals surface area contributed by atoms with Crippen LogP contribution in [0.15, 0.2) is 48.5 Å². The zero-order valence-corrected chi connectivity index (χ0v) is 12.4. The third-order valence-electron chi connectivity index (χ3n) is 3.58. The number of carboxylic acids is 1. The maximum Gasteiger partial charge on any atom is 0.333 e. The van der Waals surface area contributed by atoms with Gasteiger partial charge in [0.1, 0.15) is 5.75 Å². The molecule has 1 atom stereocenters. The Balaban J connectivity index is 2.44. The lowest BCUT2D eigenvalue weighted by atomic mass is 9.88. The molecule has 1 unspecified atom stereocenters. The van der Waals surface area contributed by atoms with Crippen LogP contribution >= 0.6 is 0 Å². The summed E-state index contributed by atoms with van der Waals surface area (Å²) in [5.74, 6) is -0.253. The minimum atomic E-state index is -1.21. The topological polar surface area (TPSA) is 58.6 Å². The number of nitrogens with one attached hydrogen (secondary N) is 1. The van der Waals surface area contributed by atoms with Crippen molar-refractivity contribution in [2.45, 2.75) is 19.4 Å². The van der Waals surface area contributed by atoms with Crippen LogP contribution in [0.4, 0.5) is 5.69 Å². The van der Waals surface area contributed by atoms with Gasteiger partial charge in [0.25, 0.3) is 0 Å². The van der Waals surface area contributed by atoms with Gasteiger partial charge in [-0.2, -0.15) is 0 Å².